The van der Waals surface area contributed by atoms with E-state index in [0.29, 0.717) is 11.7 Å². The van der Waals surface area contributed by atoms with Gasteiger partial charge in [-0.1, -0.05) is 6.92 Å². The molecule has 20 heavy (non-hydrogen) atoms. The van der Waals surface area contributed by atoms with Gasteiger partial charge in [-0.3, -0.25) is 4.79 Å². The third-order valence-corrected chi connectivity index (χ3v) is 4.91. The van der Waals surface area contributed by atoms with Crippen molar-refractivity contribution >= 4 is 16.0 Å². The summed E-state index contributed by atoms with van der Waals surface area (Å²) in [5.74, 6) is -0.333. The molecule has 0 saturated heterocycles. The molecular weight excluding hydrogens is 282 g/mol. The molecule has 2 atom stereocenters. The molecule has 6 nitrogen and oxygen atoms in total. The van der Waals surface area contributed by atoms with Gasteiger partial charge < -0.3 is 9.84 Å². The topological polar surface area (TPSA) is 92.7 Å². The molecule has 1 aliphatic rings. The summed E-state index contributed by atoms with van der Waals surface area (Å²) in [4.78, 5) is 10.9. The Morgan fingerprint density at radius 3 is 2.65 bits per heavy atom. The fourth-order valence-electron chi connectivity index (χ4n) is 2.00. The molecule has 2 N–H and O–H groups in total. The van der Waals surface area contributed by atoms with Crippen molar-refractivity contribution in [2.75, 3.05) is 7.11 Å². The summed E-state index contributed by atoms with van der Waals surface area (Å²) in [6, 6.07) is 4.28. The number of rotatable bonds is 6. The van der Waals surface area contributed by atoms with E-state index in [-0.39, 0.29) is 22.9 Å². The number of ether oxygens (including phenoxy) is 1. The summed E-state index contributed by atoms with van der Waals surface area (Å²) in [6.45, 7) is 1.96. The predicted octanol–water partition coefficient (Wildman–Crippen LogP) is 1.01. The first-order valence-electron chi connectivity index (χ1n) is 6.24. The number of carbonyl (C=O) groups is 1. The Balaban J connectivity index is 2.35. The van der Waals surface area contributed by atoms with Crippen LogP contribution in [-0.4, -0.2) is 32.6 Å². The van der Waals surface area contributed by atoms with Crippen LogP contribution in [0.15, 0.2) is 23.1 Å². The third-order valence-electron chi connectivity index (χ3n) is 3.31. The summed E-state index contributed by atoms with van der Waals surface area (Å²) in [5.41, 5.74) is 0.220. The molecule has 1 aromatic rings. The maximum absolute atomic E-state index is 12.3. The lowest BCUT2D eigenvalue weighted by atomic mass is 10.1. The molecule has 0 aliphatic heterocycles. The van der Waals surface area contributed by atoms with E-state index in [4.69, 9.17) is 9.84 Å². The molecule has 0 radical (unpaired) electrons. The lowest BCUT2D eigenvalue weighted by Gasteiger charge is -2.11. The lowest BCUT2D eigenvalue weighted by Crippen LogP contribution is -2.28. The van der Waals surface area contributed by atoms with Crippen LogP contribution >= 0.6 is 0 Å². The maximum Gasteiger partial charge on any atom is 0.307 e. The molecule has 2 rings (SSSR count). The van der Waals surface area contributed by atoms with E-state index in [9.17, 15) is 13.2 Å². The summed E-state index contributed by atoms with van der Waals surface area (Å²) < 4.78 is 32.2. The monoisotopic (exact) mass is 299 g/mol. The quantitative estimate of drug-likeness (QED) is 0.817. The van der Waals surface area contributed by atoms with Crippen LogP contribution in [0.4, 0.5) is 0 Å². The van der Waals surface area contributed by atoms with Gasteiger partial charge >= 0.3 is 5.97 Å². The molecule has 1 saturated carbocycles. The van der Waals surface area contributed by atoms with Crippen LogP contribution in [0.2, 0.25) is 0 Å². The number of nitrogens with one attached hydrogen (secondary N) is 1. The smallest absolute Gasteiger partial charge is 0.307 e. The van der Waals surface area contributed by atoms with E-state index < -0.39 is 16.0 Å². The second-order valence-corrected chi connectivity index (χ2v) is 6.67. The molecule has 0 heterocycles. The van der Waals surface area contributed by atoms with E-state index in [1.165, 1.54) is 25.3 Å². The molecule has 0 amide bonds. The summed E-state index contributed by atoms with van der Waals surface area (Å²) in [7, 11) is -2.26. The van der Waals surface area contributed by atoms with Gasteiger partial charge in [0.2, 0.25) is 10.0 Å². The number of methoxy groups -OCH3 is 1. The zero-order valence-electron chi connectivity index (χ0n) is 11.3. The van der Waals surface area contributed by atoms with Crippen LogP contribution in [-0.2, 0) is 21.2 Å². The number of sulfonamides is 1. The molecule has 1 fully saturated rings. The highest BCUT2D eigenvalue weighted by Crippen LogP contribution is 2.31. The molecular formula is C13H17NO5S. The first kappa shape index (κ1) is 14.8. The minimum atomic E-state index is -3.70. The Kier molecular flexibility index (Phi) is 4.01. The van der Waals surface area contributed by atoms with E-state index in [1.807, 2.05) is 6.92 Å². The number of carboxylic acid groups (broad SMARTS) is 1. The van der Waals surface area contributed by atoms with Gasteiger partial charge in [-0.2, -0.15) is 0 Å². The second-order valence-electron chi connectivity index (χ2n) is 4.98. The Morgan fingerprint density at radius 1 is 1.50 bits per heavy atom. The van der Waals surface area contributed by atoms with Crippen LogP contribution in [0.1, 0.15) is 18.9 Å². The molecule has 0 spiro atoms. The van der Waals surface area contributed by atoms with Gasteiger partial charge in [-0.25, -0.2) is 13.1 Å². The van der Waals surface area contributed by atoms with Crippen LogP contribution < -0.4 is 9.46 Å². The molecule has 110 valence electrons. The van der Waals surface area contributed by atoms with E-state index >= 15 is 0 Å². The number of hydrogen-bond acceptors (Lipinski definition) is 4. The predicted molar refractivity (Wildman–Crippen MR) is 72.2 cm³/mol. The Morgan fingerprint density at radius 2 is 2.15 bits per heavy atom. The largest absolute Gasteiger partial charge is 0.497 e. The van der Waals surface area contributed by atoms with Gasteiger partial charge in [0.05, 0.1) is 18.4 Å². The van der Waals surface area contributed by atoms with E-state index in [1.54, 1.807) is 0 Å². The number of benzene rings is 1. The molecule has 0 bridgehead atoms. The van der Waals surface area contributed by atoms with Crippen molar-refractivity contribution in [2.24, 2.45) is 5.92 Å². The average molecular weight is 299 g/mol. The van der Waals surface area contributed by atoms with Gasteiger partial charge in [-0.15, -0.1) is 0 Å². The first-order chi connectivity index (χ1) is 9.33. The highest BCUT2D eigenvalue weighted by molar-refractivity contribution is 7.89. The van der Waals surface area contributed by atoms with Gasteiger partial charge in [0, 0.05) is 6.04 Å². The molecule has 2 unspecified atom stereocenters. The van der Waals surface area contributed by atoms with Gasteiger partial charge in [-0.05, 0) is 36.1 Å². The van der Waals surface area contributed by atoms with Gasteiger partial charge in [0.1, 0.15) is 5.75 Å². The number of hydrogen-bond donors (Lipinski definition) is 2. The Bertz CT molecular complexity index is 626. The maximum atomic E-state index is 12.3. The summed E-state index contributed by atoms with van der Waals surface area (Å²) >= 11 is 0. The van der Waals surface area contributed by atoms with Crippen molar-refractivity contribution in [3.8, 4) is 5.75 Å². The van der Waals surface area contributed by atoms with Crippen LogP contribution in [0.5, 0.6) is 5.75 Å². The van der Waals surface area contributed by atoms with E-state index in [2.05, 4.69) is 4.72 Å². The molecule has 0 aromatic heterocycles. The minimum Gasteiger partial charge on any atom is -0.497 e. The lowest BCUT2D eigenvalue weighted by molar-refractivity contribution is -0.136. The van der Waals surface area contributed by atoms with Gasteiger partial charge in [0.15, 0.2) is 0 Å². The van der Waals surface area contributed by atoms with E-state index in [0.717, 1.165) is 6.42 Å². The summed E-state index contributed by atoms with van der Waals surface area (Å²) in [5, 5.41) is 8.90. The fourth-order valence-corrected chi connectivity index (χ4v) is 3.57. The van der Waals surface area contributed by atoms with Crippen LogP contribution in [0, 0.1) is 5.92 Å². The Labute approximate surface area is 117 Å². The third kappa shape index (κ3) is 3.29. The van der Waals surface area contributed by atoms with Crippen LogP contribution in [0.3, 0.4) is 0 Å². The zero-order valence-corrected chi connectivity index (χ0v) is 12.1. The van der Waals surface area contributed by atoms with Gasteiger partial charge in [0.25, 0.3) is 0 Å². The second kappa shape index (κ2) is 5.41. The molecule has 7 heteroatoms. The summed E-state index contributed by atoms with van der Waals surface area (Å²) in [6.07, 6.45) is 0.442. The minimum absolute atomic E-state index is 0.000185. The normalized spacial score (nSPS) is 21.5. The van der Waals surface area contributed by atoms with Crippen molar-refractivity contribution in [3.63, 3.8) is 0 Å². The SMILES string of the molecule is COc1ccc(S(=O)(=O)NC2CC2C)c(CC(=O)O)c1. The van der Waals surface area contributed by atoms with Crippen molar-refractivity contribution in [2.45, 2.75) is 30.7 Å². The fraction of sp³-hybridized carbons (Fsp3) is 0.462. The average Bonchev–Trinajstić information content (AvgIpc) is 3.02. The number of aliphatic carboxylic acids is 1. The van der Waals surface area contributed by atoms with Crippen LogP contribution in [0.25, 0.3) is 0 Å². The number of carboxylic acids is 1. The molecule has 1 aliphatic carbocycles. The van der Waals surface area contributed by atoms with Crippen molar-refractivity contribution < 1.29 is 23.1 Å². The van der Waals surface area contributed by atoms with Crippen molar-refractivity contribution in [1.82, 2.24) is 4.72 Å². The zero-order chi connectivity index (χ0) is 14.9. The first-order valence-corrected chi connectivity index (χ1v) is 7.73. The Hall–Kier alpha value is -1.60. The highest BCUT2D eigenvalue weighted by atomic mass is 32.2. The molecule has 1 aromatic carbocycles. The van der Waals surface area contributed by atoms with Crippen molar-refractivity contribution in [1.29, 1.82) is 0 Å². The highest BCUT2D eigenvalue weighted by Gasteiger charge is 2.37. The van der Waals surface area contributed by atoms with Crippen molar-refractivity contribution in [3.05, 3.63) is 23.8 Å². The standard InChI is InChI=1S/C13H17NO5S/c1-8-5-11(8)14-20(17,18)12-4-3-10(19-2)6-9(12)7-13(15)16/h3-4,6,8,11,14H,5,7H2,1-2H3,(H,15,16).